The molecule has 2 rings (SSSR count). The van der Waals surface area contributed by atoms with E-state index >= 15 is 0 Å². The third kappa shape index (κ3) is 1.79. The van der Waals surface area contributed by atoms with Crippen LogP contribution in [0.15, 0.2) is 12.1 Å². The molecule has 0 aromatic heterocycles. The molecule has 1 aromatic rings. The number of ketones is 1. The standard InChI is InChI=1S/C11H11Cl2NO2/c1-16-7-3-2-6(8(12)9(7)13)10(15)11(14)4-5-11/h2-3H,4-5,14H2,1H3. The molecule has 0 bridgehead atoms. The highest BCUT2D eigenvalue weighted by atomic mass is 35.5. The zero-order valence-electron chi connectivity index (χ0n) is 8.72. The van der Waals surface area contributed by atoms with Crippen molar-refractivity contribution in [2.24, 2.45) is 5.73 Å². The predicted octanol–water partition coefficient (Wildman–Crippen LogP) is 2.68. The molecule has 1 saturated carbocycles. The molecule has 86 valence electrons. The second-order valence-corrected chi connectivity index (χ2v) is 4.68. The van der Waals surface area contributed by atoms with Crippen LogP contribution >= 0.6 is 23.2 Å². The SMILES string of the molecule is COc1ccc(C(=O)C2(N)CC2)c(Cl)c1Cl. The molecule has 0 unspecified atom stereocenters. The Balaban J connectivity index is 2.43. The maximum absolute atomic E-state index is 12.0. The first-order chi connectivity index (χ1) is 7.49. The second kappa shape index (κ2) is 3.91. The number of carbonyl (C=O) groups is 1. The van der Waals surface area contributed by atoms with Gasteiger partial charge in [0.2, 0.25) is 0 Å². The topological polar surface area (TPSA) is 52.3 Å². The summed E-state index contributed by atoms with van der Waals surface area (Å²) in [6.45, 7) is 0. The van der Waals surface area contributed by atoms with E-state index < -0.39 is 5.54 Å². The average Bonchev–Trinajstić information content (AvgIpc) is 3.01. The van der Waals surface area contributed by atoms with Crippen molar-refractivity contribution in [1.82, 2.24) is 0 Å². The summed E-state index contributed by atoms with van der Waals surface area (Å²) in [6, 6.07) is 3.22. The summed E-state index contributed by atoms with van der Waals surface area (Å²) in [7, 11) is 1.49. The number of hydrogen-bond acceptors (Lipinski definition) is 3. The van der Waals surface area contributed by atoms with Gasteiger partial charge in [0.15, 0.2) is 5.78 Å². The van der Waals surface area contributed by atoms with Crippen LogP contribution < -0.4 is 10.5 Å². The number of methoxy groups -OCH3 is 1. The lowest BCUT2D eigenvalue weighted by molar-refractivity contribution is 0.0949. The van der Waals surface area contributed by atoms with E-state index in [0.29, 0.717) is 24.2 Å². The fourth-order valence-corrected chi connectivity index (χ4v) is 1.98. The number of benzene rings is 1. The van der Waals surface area contributed by atoms with E-state index in [1.54, 1.807) is 12.1 Å². The molecule has 2 N–H and O–H groups in total. The van der Waals surface area contributed by atoms with Gasteiger partial charge in [0, 0.05) is 5.56 Å². The van der Waals surface area contributed by atoms with Crippen molar-refractivity contribution in [3.63, 3.8) is 0 Å². The molecule has 0 aliphatic heterocycles. The van der Waals surface area contributed by atoms with Crippen LogP contribution in [0.2, 0.25) is 10.0 Å². The normalized spacial score (nSPS) is 17.0. The molecule has 0 amide bonds. The quantitative estimate of drug-likeness (QED) is 0.850. The van der Waals surface area contributed by atoms with E-state index in [1.807, 2.05) is 0 Å². The first kappa shape index (κ1) is 11.7. The van der Waals surface area contributed by atoms with Crippen LogP contribution in [0.4, 0.5) is 0 Å². The van der Waals surface area contributed by atoms with E-state index in [2.05, 4.69) is 0 Å². The van der Waals surface area contributed by atoms with Gasteiger partial charge in [-0.25, -0.2) is 0 Å². The Morgan fingerprint density at radius 3 is 2.50 bits per heavy atom. The fraction of sp³-hybridized carbons (Fsp3) is 0.364. The summed E-state index contributed by atoms with van der Waals surface area (Å²) in [4.78, 5) is 12.0. The van der Waals surface area contributed by atoms with Crippen LogP contribution in [0.1, 0.15) is 23.2 Å². The van der Waals surface area contributed by atoms with Gasteiger partial charge >= 0.3 is 0 Å². The van der Waals surface area contributed by atoms with Crippen molar-refractivity contribution in [2.45, 2.75) is 18.4 Å². The highest BCUT2D eigenvalue weighted by molar-refractivity contribution is 6.45. The van der Waals surface area contributed by atoms with Crippen molar-refractivity contribution in [3.8, 4) is 5.75 Å². The van der Waals surface area contributed by atoms with Gasteiger partial charge in [0.1, 0.15) is 10.8 Å². The van der Waals surface area contributed by atoms with Crippen LogP contribution in [0.5, 0.6) is 5.75 Å². The van der Waals surface area contributed by atoms with Crippen LogP contribution in [-0.2, 0) is 0 Å². The molecule has 1 fully saturated rings. The predicted molar refractivity (Wildman–Crippen MR) is 63.5 cm³/mol. The Morgan fingerprint density at radius 2 is 2.00 bits per heavy atom. The number of halogens is 2. The number of nitrogens with two attached hydrogens (primary N) is 1. The molecule has 16 heavy (non-hydrogen) atoms. The van der Waals surface area contributed by atoms with Crippen molar-refractivity contribution in [2.75, 3.05) is 7.11 Å². The zero-order chi connectivity index (χ0) is 11.9. The Labute approximate surface area is 103 Å². The van der Waals surface area contributed by atoms with Gasteiger partial charge in [-0.1, -0.05) is 23.2 Å². The summed E-state index contributed by atoms with van der Waals surface area (Å²) in [5, 5.41) is 0.460. The third-order valence-corrected chi connectivity index (χ3v) is 3.62. The number of ether oxygens (including phenoxy) is 1. The van der Waals surface area contributed by atoms with Crippen LogP contribution in [0, 0.1) is 0 Å². The van der Waals surface area contributed by atoms with Gasteiger partial charge in [0.25, 0.3) is 0 Å². The van der Waals surface area contributed by atoms with Crippen LogP contribution in [0.25, 0.3) is 0 Å². The van der Waals surface area contributed by atoms with Gasteiger partial charge < -0.3 is 10.5 Å². The van der Waals surface area contributed by atoms with Gasteiger partial charge in [-0.15, -0.1) is 0 Å². The largest absolute Gasteiger partial charge is 0.495 e. The smallest absolute Gasteiger partial charge is 0.184 e. The number of hydrogen-bond donors (Lipinski definition) is 1. The van der Waals surface area contributed by atoms with Gasteiger partial charge in [0.05, 0.1) is 17.7 Å². The van der Waals surface area contributed by atoms with Gasteiger partial charge in [-0.2, -0.15) is 0 Å². The minimum absolute atomic E-state index is 0.151. The number of Topliss-reactive ketones (excluding diaryl/α,β-unsaturated/α-hetero) is 1. The number of rotatable bonds is 3. The number of carbonyl (C=O) groups excluding carboxylic acids is 1. The Morgan fingerprint density at radius 1 is 1.38 bits per heavy atom. The monoisotopic (exact) mass is 259 g/mol. The lowest BCUT2D eigenvalue weighted by atomic mass is 10.0. The maximum atomic E-state index is 12.0. The van der Waals surface area contributed by atoms with Crippen molar-refractivity contribution in [3.05, 3.63) is 27.7 Å². The molecule has 1 aromatic carbocycles. The van der Waals surface area contributed by atoms with Gasteiger partial charge in [-0.3, -0.25) is 4.79 Å². The highest BCUT2D eigenvalue weighted by Gasteiger charge is 2.46. The van der Waals surface area contributed by atoms with Crippen LogP contribution in [-0.4, -0.2) is 18.4 Å². The Kier molecular flexibility index (Phi) is 2.86. The summed E-state index contributed by atoms with van der Waals surface area (Å²) < 4.78 is 5.00. The zero-order valence-corrected chi connectivity index (χ0v) is 10.2. The van der Waals surface area contributed by atoms with Gasteiger partial charge in [-0.05, 0) is 25.0 Å². The molecular formula is C11H11Cl2NO2. The van der Waals surface area contributed by atoms with Crippen molar-refractivity contribution < 1.29 is 9.53 Å². The minimum atomic E-state index is -0.735. The van der Waals surface area contributed by atoms with E-state index in [4.69, 9.17) is 33.7 Å². The molecule has 1 aliphatic carbocycles. The van der Waals surface area contributed by atoms with Crippen molar-refractivity contribution >= 4 is 29.0 Å². The first-order valence-corrected chi connectivity index (χ1v) is 5.61. The summed E-state index contributed by atoms with van der Waals surface area (Å²) >= 11 is 12.0. The van der Waals surface area contributed by atoms with Crippen molar-refractivity contribution in [1.29, 1.82) is 0 Å². The molecule has 0 saturated heterocycles. The summed E-state index contributed by atoms with van der Waals surface area (Å²) in [5.74, 6) is 0.298. The minimum Gasteiger partial charge on any atom is -0.495 e. The molecule has 5 heteroatoms. The molecule has 0 heterocycles. The molecule has 1 aliphatic rings. The Bertz CT molecular complexity index is 456. The van der Waals surface area contributed by atoms with E-state index in [0.717, 1.165) is 0 Å². The maximum Gasteiger partial charge on any atom is 0.184 e. The molecule has 0 radical (unpaired) electrons. The fourth-order valence-electron chi connectivity index (χ4n) is 1.49. The lowest BCUT2D eigenvalue weighted by Crippen LogP contribution is -2.32. The highest BCUT2D eigenvalue weighted by Crippen LogP contribution is 2.40. The second-order valence-electron chi connectivity index (χ2n) is 3.93. The first-order valence-electron chi connectivity index (χ1n) is 4.85. The molecular weight excluding hydrogens is 249 g/mol. The average molecular weight is 260 g/mol. The van der Waals surface area contributed by atoms with E-state index in [-0.39, 0.29) is 15.8 Å². The third-order valence-electron chi connectivity index (χ3n) is 2.75. The summed E-state index contributed by atoms with van der Waals surface area (Å²) in [6.07, 6.45) is 1.40. The molecule has 3 nitrogen and oxygen atoms in total. The Hall–Kier alpha value is -0.770. The molecule has 0 spiro atoms. The lowest BCUT2D eigenvalue weighted by Gasteiger charge is -2.12. The van der Waals surface area contributed by atoms with Crippen LogP contribution in [0.3, 0.4) is 0 Å². The van der Waals surface area contributed by atoms with E-state index in [9.17, 15) is 4.79 Å². The van der Waals surface area contributed by atoms with E-state index in [1.165, 1.54) is 7.11 Å². The summed E-state index contributed by atoms with van der Waals surface area (Å²) in [5.41, 5.74) is 5.46. The molecule has 0 atom stereocenters.